The Kier molecular flexibility index (Phi) is 3.76. The van der Waals surface area contributed by atoms with Gasteiger partial charge in [-0.1, -0.05) is 24.3 Å². The van der Waals surface area contributed by atoms with Crippen LogP contribution >= 0.6 is 0 Å². The zero-order chi connectivity index (χ0) is 11.4. The Bertz CT molecular complexity index is 290. The molecule has 2 aliphatic heterocycles. The number of aliphatic hydroxyl groups is 1. The fraction of sp³-hybridized carbons (Fsp3) is 0.667. The maximum absolute atomic E-state index is 10.2. The van der Waals surface area contributed by atoms with Gasteiger partial charge in [-0.2, -0.15) is 0 Å². The van der Waals surface area contributed by atoms with Gasteiger partial charge in [-0.25, -0.2) is 0 Å². The van der Waals surface area contributed by atoms with E-state index in [1.165, 1.54) is 0 Å². The van der Waals surface area contributed by atoms with Crippen molar-refractivity contribution in [1.82, 2.24) is 4.90 Å². The smallest absolute Gasteiger partial charge is 0.146 e. The molecule has 0 unspecified atom stereocenters. The van der Waals surface area contributed by atoms with Crippen LogP contribution in [0.3, 0.4) is 0 Å². The third-order valence-electron chi connectivity index (χ3n) is 3.25. The van der Waals surface area contributed by atoms with E-state index in [-0.39, 0.29) is 6.79 Å². The highest BCUT2D eigenvalue weighted by molar-refractivity contribution is 5.23. The molecule has 0 amide bonds. The van der Waals surface area contributed by atoms with Gasteiger partial charge in [0.15, 0.2) is 0 Å². The van der Waals surface area contributed by atoms with E-state index in [2.05, 4.69) is 17.1 Å². The molecular formula is C12H19NO3. The van der Waals surface area contributed by atoms with Gasteiger partial charge < -0.3 is 14.6 Å². The van der Waals surface area contributed by atoms with Gasteiger partial charge in [0.2, 0.25) is 0 Å². The molecule has 0 aromatic rings. The van der Waals surface area contributed by atoms with Crippen LogP contribution in [-0.4, -0.2) is 55.2 Å². The Morgan fingerprint density at radius 3 is 3.19 bits per heavy atom. The topological polar surface area (TPSA) is 41.9 Å². The summed E-state index contributed by atoms with van der Waals surface area (Å²) in [6.07, 6.45) is 8.58. The monoisotopic (exact) mass is 225 g/mol. The van der Waals surface area contributed by atoms with Crippen molar-refractivity contribution in [2.75, 3.05) is 33.6 Å². The molecule has 4 nitrogen and oxygen atoms in total. The van der Waals surface area contributed by atoms with Gasteiger partial charge in [0.25, 0.3) is 0 Å². The van der Waals surface area contributed by atoms with Crippen LogP contribution in [0.25, 0.3) is 0 Å². The summed E-state index contributed by atoms with van der Waals surface area (Å²) in [5.41, 5.74) is -0.397. The van der Waals surface area contributed by atoms with Crippen molar-refractivity contribution in [2.24, 2.45) is 0 Å². The van der Waals surface area contributed by atoms with Gasteiger partial charge in [-0.15, -0.1) is 0 Å². The van der Waals surface area contributed by atoms with Crippen molar-refractivity contribution in [2.45, 2.75) is 18.1 Å². The predicted molar refractivity (Wildman–Crippen MR) is 61.0 cm³/mol. The van der Waals surface area contributed by atoms with Gasteiger partial charge in [0, 0.05) is 20.2 Å². The third kappa shape index (κ3) is 2.06. The lowest BCUT2D eigenvalue weighted by molar-refractivity contribution is -0.0937. The number of fused-ring (bicyclic) bond motifs is 1. The fourth-order valence-electron chi connectivity index (χ4n) is 2.38. The van der Waals surface area contributed by atoms with Crippen LogP contribution in [0.1, 0.15) is 6.42 Å². The van der Waals surface area contributed by atoms with Gasteiger partial charge in [-0.3, -0.25) is 4.90 Å². The number of hydrogen-bond acceptors (Lipinski definition) is 4. The second-order valence-corrected chi connectivity index (χ2v) is 4.26. The van der Waals surface area contributed by atoms with Crippen molar-refractivity contribution in [3.8, 4) is 0 Å². The van der Waals surface area contributed by atoms with E-state index in [0.29, 0.717) is 6.61 Å². The van der Waals surface area contributed by atoms with E-state index < -0.39 is 11.6 Å². The first-order valence-electron chi connectivity index (χ1n) is 5.64. The summed E-state index contributed by atoms with van der Waals surface area (Å²) in [5.74, 6) is 0. The molecule has 2 rings (SSSR count). The molecule has 2 heterocycles. The summed E-state index contributed by atoms with van der Waals surface area (Å²) < 4.78 is 10.3. The maximum Gasteiger partial charge on any atom is 0.146 e. The Morgan fingerprint density at radius 1 is 1.50 bits per heavy atom. The molecule has 4 heteroatoms. The van der Waals surface area contributed by atoms with E-state index in [1.807, 2.05) is 12.2 Å². The second-order valence-electron chi connectivity index (χ2n) is 4.26. The average molecular weight is 225 g/mol. The normalized spacial score (nSPS) is 34.0. The molecule has 1 N–H and O–H groups in total. The SMILES string of the molecule is COCOC[C@]12C=CCCN1CC=C[C@H]2O. The molecular weight excluding hydrogens is 206 g/mol. The number of nitrogens with zero attached hydrogens (tertiary/aromatic N) is 1. The molecule has 16 heavy (non-hydrogen) atoms. The van der Waals surface area contributed by atoms with Crippen molar-refractivity contribution in [3.05, 3.63) is 24.3 Å². The van der Waals surface area contributed by atoms with Crippen molar-refractivity contribution in [3.63, 3.8) is 0 Å². The molecule has 0 saturated carbocycles. The molecule has 0 radical (unpaired) electrons. The number of hydrogen-bond donors (Lipinski definition) is 1. The lowest BCUT2D eigenvalue weighted by atomic mass is 9.85. The van der Waals surface area contributed by atoms with Crippen LogP contribution in [-0.2, 0) is 9.47 Å². The first-order valence-corrected chi connectivity index (χ1v) is 5.64. The second kappa shape index (κ2) is 5.10. The van der Waals surface area contributed by atoms with Crippen LogP contribution in [0, 0.1) is 0 Å². The highest BCUT2D eigenvalue weighted by atomic mass is 16.7. The first kappa shape index (κ1) is 11.8. The predicted octanol–water partition coefficient (Wildman–Crippen LogP) is 0.538. The van der Waals surface area contributed by atoms with E-state index in [1.54, 1.807) is 7.11 Å². The largest absolute Gasteiger partial charge is 0.387 e. The van der Waals surface area contributed by atoms with Crippen molar-refractivity contribution in [1.29, 1.82) is 0 Å². The summed E-state index contributed by atoms with van der Waals surface area (Å²) in [4.78, 5) is 2.26. The van der Waals surface area contributed by atoms with Gasteiger partial charge in [0.1, 0.15) is 6.79 Å². The van der Waals surface area contributed by atoms with Crippen LogP contribution in [0.15, 0.2) is 24.3 Å². The Balaban J connectivity index is 2.13. The quantitative estimate of drug-likeness (QED) is 0.431. The lowest BCUT2D eigenvalue weighted by Crippen LogP contribution is -2.61. The van der Waals surface area contributed by atoms with Crippen LogP contribution in [0.4, 0.5) is 0 Å². The molecule has 0 spiro atoms. The van der Waals surface area contributed by atoms with Gasteiger partial charge in [0.05, 0.1) is 18.2 Å². The zero-order valence-electron chi connectivity index (χ0n) is 9.63. The van der Waals surface area contributed by atoms with E-state index in [9.17, 15) is 5.11 Å². The minimum atomic E-state index is -0.505. The molecule has 0 bridgehead atoms. The molecule has 0 aliphatic carbocycles. The van der Waals surface area contributed by atoms with E-state index in [0.717, 1.165) is 19.5 Å². The van der Waals surface area contributed by atoms with Gasteiger partial charge >= 0.3 is 0 Å². The lowest BCUT2D eigenvalue weighted by Gasteiger charge is -2.47. The average Bonchev–Trinajstić information content (AvgIpc) is 2.31. The molecule has 2 atom stereocenters. The summed E-state index contributed by atoms with van der Waals surface area (Å²) in [5, 5.41) is 10.2. The number of ether oxygens (including phenoxy) is 2. The molecule has 0 saturated heterocycles. The molecule has 0 aromatic heterocycles. The molecule has 0 fully saturated rings. The van der Waals surface area contributed by atoms with Crippen LogP contribution in [0.2, 0.25) is 0 Å². The maximum atomic E-state index is 10.2. The number of rotatable bonds is 4. The standard InChI is InChI=1S/C12H19NO3/c1-15-10-16-9-12-6-2-3-7-13(12)8-4-5-11(12)14/h2,4-6,11,14H,3,7-10H2,1H3/t11-,12+/m1/s1. The van der Waals surface area contributed by atoms with Crippen molar-refractivity contribution >= 4 is 0 Å². The fourth-order valence-corrected chi connectivity index (χ4v) is 2.38. The Hall–Kier alpha value is -0.680. The van der Waals surface area contributed by atoms with E-state index >= 15 is 0 Å². The Morgan fingerprint density at radius 2 is 2.38 bits per heavy atom. The molecule has 0 aromatic carbocycles. The minimum Gasteiger partial charge on any atom is -0.387 e. The molecule has 90 valence electrons. The summed E-state index contributed by atoms with van der Waals surface area (Å²) >= 11 is 0. The summed E-state index contributed by atoms with van der Waals surface area (Å²) in [7, 11) is 1.60. The summed E-state index contributed by atoms with van der Waals surface area (Å²) in [6.45, 7) is 2.56. The number of aliphatic hydroxyl groups excluding tert-OH is 1. The first-order chi connectivity index (χ1) is 7.79. The highest BCUT2D eigenvalue weighted by Crippen LogP contribution is 2.30. The Labute approximate surface area is 96.1 Å². The van der Waals surface area contributed by atoms with E-state index in [4.69, 9.17) is 9.47 Å². The summed E-state index contributed by atoms with van der Waals surface area (Å²) in [6, 6.07) is 0. The van der Waals surface area contributed by atoms with Crippen LogP contribution in [0.5, 0.6) is 0 Å². The third-order valence-corrected chi connectivity index (χ3v) is 3.25. The van der Waals surface area contributed by atoms with Gasteiger partial charge in [-0.05, 0) is 6.42 Å². The van der Waals surface area contributed by atoms with Crippen LogP contribution < -0.4 is 0 Å². The zero-order valence-corrected chi connectivity index (χ0v) is 9.63. The minimum absolute atomic E-state index is 0.264. The highest BCUT2D eigenvalue weighted by Gasteiger charge is 2.43. The number of methoxy groups -OCH3 is 1. The molecule has 2 aliphatic rings. The van der Waals surface area contributed by atoms with Crippen molar-refractivity contribution < 1.29 is 14.6 Å².